The minimum absolute atomic E-state index is 0.0331. The van der Waals surface area contributed by atoms with E-state index in [2.05, 4.69) is 10.9 Å². The summed E-state index contributed by atoms with van der Waals surface area (Å²) in [5, 5.41) is 19.6. The largest absolute Gasteiger partial charge is 0.544 e. The fourth-order valence-corrected chi connectivity index (χ4v) is 1.50. The van der Waals surface area contributed by atoms with Gasteiger partial charge in [-0.1, -0.05) is 23.0 Å². The maximum Gasteiger partial charge on any atom is 0.416 e. The van der Waals surface area contributed by atoms with Crippen molar-refractivity contribution in [3.8, 4) is 6.07 Å². The zero-order valence-electron chi connectivity index (χ0n) is 11.1. The molecule has 0 saturated heterocycles. The van der Waals surface area contributed by atoms with Gasteiger partial charge in [0.25, 0.3) is 6.54 Å². The predicted molar refractivity (Wildman–Crippen MR) is 67.6 cm³/mol. The second-order valence-corrected chi connectivity index (χ2v) is 4.19. The number of nitrogens with zero attached hydrogens (tertiary/aromatic N) is 1. The summed E-state index contributed by atoms with van der Waals surface area (Å²) in [6, 6.07) is 6.87. The first kappa shape index (κ1) is 16.6. The maximum atomic E-state index is 12.5. The zero-order chi connectivity index (χ0) is 16.0. The minimum atomic E-state index is -4.41. The molecule has 1 aromatic rings. The number of hydrogen-bond donors (Lipinski definition) is 1. The van der Waals surface area contributed by atoms with E-state index in [4.69, 9.17) is 5.11 Å². The molecule has 1 aromatic carbocycles. The molecular formula is C14H12F3NO3. The van der Waals surface area contributed by atoms with Crippen molar-refractivity contribution in [3.63, 3.8) is 0 Å². The van der Waals surface area contributed by atoms with Gasteiger partial charge in [-0.2, -0.15) is 13.2 Å². The Labute approximate surface area is 119 Å². The SMILES string of the molecule is C/C(O)=C(\C#[N+]CCc1cccc(C(F)(F)F)c1)C(=O)[O-]. The molecule has 0 radical (unpaired) electrons. The molecule has 0 bridgehead atoms. The van der Waals surface area contributed by atoms with Crippen LogP contribution in [0.4, 0.5) is 13.2 Å². The van der Waals surface area contributed by atoms with Crippen molar-refractivity contribution >= 4 is 5.97 Å². The van der Waals surface area contributed by atoms with E-state index in [-0.39, 0.29) is 13.0 Å². The summed E-state index contributed by atoms with van der Waals surface area (Å²) in [7, 11) is 0. The van der Waals surface area contributed by atoms with Crippen LogP contribution in [0.3, 0.4) is 0 Å². The lowest BCUT2D eigenvalue weighted by Gasteiger charge is -2.06. The molecule has 21 heavy (non-hydrogen) atoms. The van der Waals surface area contributed by atoms with E-state index in [0.29, 0.717) is 5.56 Å². The molecule has 0 saturated carbocycles. The van der Waals surface area contributed by atoms with Gasteiger partial charge in [0, 0.05) is 6.42 Å². The summed E-state index contributed by atoms with van der Waals surface area (Å²) in [6.45, 7) is 1.17. The molecule has 0 spiro atoms. The van der Waals surface area contributed by atoms with Crippen LogP contribution in [0, 0.1) is 6.07 Å². The van der Waals surface area contributed by atoms with Gasteiger partial charge >= 0.3 is 12.2 Å². The van der Waals surface area contributed by atoms with E-state index in [1.54, 1.807) is 0 Å². The molecule has 0 fully saturated rings. The van der Waals surface area contributed by atoms with E-state index in [1.807, 2.05) is 0 Å². The molecular weight excluding hydrogens is 287 g/mol. The molecule has 1 rings (SSSR count). The Morgan fingerprint density at radius 1 is 1.43 bits per heavy atom. The van der Waals surface area contributed by atoms with Crippen molar-refractivity contribution in [1.82, 2.24) is 0 Å². The molecule has 0 aliphatic heterocycles. The standard InChI is InChI=1S/C14H12F3NO3/c1-9(19)12(13(20)21)8-18-6-5-10-3-2-4-11(7-10)14(15,16)17/h2-4,7H,5-6H2,1H3,(H,20,21). The topological polar surface area (TPSA) is 64.7 Å². The molecule has 0 aromatic heterocycles. The Bertz CT molecular complexity index is 620. The lowest BCUT2D eigenvalue weighted by Crippen LogP contribution is -2.24. The van der Waals surface area contributed by atoms with Crippen LogP contribution in [0.2, 0.25) is 0 Å². The third-order valence-corrected chi connectivity index (χ3v) is 2.52. The first-order valence-electron chi connectivity index (χ1n) is 5.91. The van der Waals surface area contributed by atoms with E-state index < -0.39 is 29.0 Å². The predicted octanol–water partition coefficient (Wildman–Crippen LogP) is 2.16. The highest BCUT2D eigenvalue weighted by molar-refractivity contribution is 5.90. The van der Waals surface area contributed by atoms with Gasteiger partial charge in [-0.05, 0) is 18.6 Å². The Kier molecular flexibility index (Phi) is 5.36. The highest BCUT2D eigenvalue weighted by Gasteiger charge is 2.30. The number of carboxylic acid groups (broad SMARTS) is 1. The van der Waals surface area contributed by atoms with E-state index in [0.717, 1.165) is 19.1 Å². The van der Waals surface area contributed by atoms with Gasteiger partial charge < -0.3 is 15.0 Å². The molecule has 0 atom stereocenters. The molecule has 0 amide bonds. The van der Waals surface area contributed by atoms with Gasteiger partial charge in [0.1, 0.15) is 5.76 Å². The summed E-state index contributed by atoms with van der Waals surface area (Å²) in [5.41, 5.74) is -0.927. The van der Waals surface area contributed by atoms with Gasteiger partial charge in [-0.15, -0.1) is 0 Å². The van der Waals surface area contributed by atoms with Crippen molar-refractivity contribution < 1.29 is 28.2 Å². The minimum Gasteiger partial charge on any atom is -0.544 e. The lowest BCUT2D eigenvalue weighted by molar-refractivity contribution is -0.298. The molecule has 1 N–H and O–H groups in total. The van der Waals surface area contributed by atoms with Crippen molar-refractivity contribution in [3.05, 3.63) is 51.6 Å². The van der Waals surface area contributed by atoms with Crippen LogP contribution in [0.15, 0.2) is 35.6 Å². The number of alkyl halides is 3. The fraction of sp³-hybridized carbons (Fsp3) is 0.286. The summed E-state index contributed by atoms with van der Waals surface area (Å²) in [6.07, 6.45) is -4.23. The number of hydrogen-bond acceptors (Lipinski definition) is 3. The number of aliphatic hydroxyl groups is 1. The number of rotatable bonds is 3. The molecule has 0 unspecified atom stereocenters. The molecule has 0 aliphatic carbocycles. The van der Waals surface area contributed by atoms with Crippen LogP contribution >= 0.6 is 0 Å². The number of aliphatic hydroxyl groups excluding tert-OH is 1. The van der Waals surface area contributed by atoms with E-state index in [1.165, 1.54) is 12.1 Å². The van der Waals surface area contributed by atoms with Gasteiger partial charge in [-0.3, -0.25) is 0 Å². The Morgan fingerprint density at radius 2 is 2.10 bits per heavy atom. The van der Waals surface area contributed by atoms with Crippen molar-refractivity contribution in [2.75, 3.05) is 6.54 Å². The highest BCUT2D eigenvalue weighted by Crippen LogP contribution is 2.29. The van der Waals surface area contributed by atoms with Crippen molar-refractivity contribution in [2.45, 2.75) is 19.5 Å². The maximum absolute atomic E-state index is 12.5. The second-order valence-electron chi connectivity index (χ2n) is 4.19. The van der Waals surface area contributed by atoms with Gasteiger partial charge in [0.2, 0.25) is 0 Å². The van der Waals surface area contributed by atoms with Crippen LogP contribution in [0.25, 0.3) is 4.85 Å². The summed E-state index contributed by atoms with van der Waals surface area (Å²) < 4.78 is 37.5. The zero-order valence-corrected chi connectivity index (χ0v) is 11.1. The van der Waals surface area contributed by atoms with Crippen LogP contribution < -0.4 is 5.11 Å². The average Bonchev–Trinajstić information content (AvgIpc) is 2.37. The third-order valence-electron chi connectivity index (χ3n) is 2.52. The fourth-order valence-electron chi connectivity index (χ4n) is 1.50. The quantitative estimate of drug-likeness (QED) is 0.528. The van der Waals surface area contributed by atoms with Crippen molar-refractivity contribution in [1.29, 1.82) is 0 Å². The van der Waals surface area contributed by atoms with Gasteiger partial charge in [0.15, 0.2) is 5.57 Å². The first-order chi connectivity index (χ1) is 9.71. The number of aliphatic carboxylic acids is 1. The third kappa shape index (κ3) is 5.18. The van der Waals surface area contributed by atoms with Crippen LogP contribution in [0.5, 0.6) is 0 Å². The molecule has 4 nitrogen and oxygen atoms in total. The van der Waals surface area contributed by atoms with Gasteiger partial charge in [0.05, 0.1) is 11.5 Å². The molecule has 0 heterocycles. The van der Waals surface area contributed by atoms with E-state index >= 15 is 0 Å². The second kappa shape index (κ2) is 6.79. The lowest BCUT2D eigenvalue weighted by atomic mass is 10.1. The summed E-state index contributed by atoms with van der Waals surface area (Å²) in [4.78, 5) is 14.2. The summed E-state index contributed by atoms with van der Waals surface area (Å²) >= 11 is 0. The van der Waals surface area contributed by atoms with Gasteiger partial charge in [-0.25, -0.2) is 0 Å². The number of allylic oxidation sites excluding steroid dienone is 1. The van der Waals surface area contributed by atoms with Crippen LogP contribution in [-0.4, -0.2) is 17.6 Å². The van der Waals surface area contributed by atoms with Crippen LogP contribution in [-0.2, 0) is 17.4 Å². The first-order valence-corrected chi connectivity index (χ1v) is 5.91. The normalized spacial score (nSPS) is 12.2. The number of carbonyl (C=O) groups is 1. The van der Waals surface area contributed by atoms with Crippen LogP contribution in [0.1, 0.15) is 18.1 Å². The summed E-state index contributed by atoms with van der Waals surface area (Å²) in [5.74, 6) is -2.13. The Hall–Kier alpha value is -2.49. The number of carbonyl (C=O) groups excluding carboxylic acids is 1. The Morgan fingerprint density at radius 3 is 2.62 bits per heavy atom. The smallest absolute Gasteiger partial charge is 0.416 e. The van der Waals surface area contributed by atoms with Crippen molar-refractivity contribution in [2.24, 2.45) is 0 Å². The average molecular weight is 299 g/mol. The number of carboxylic acids is 1. The Balaban J connectivity index is 2.75. The number of benzene rings is 1. The number of halogens is 3. The molecule has 7 heteroatoms. The molecule has 0 aliphatic rings. The van der Waals surface area contributed by atoms with E-state index in [9.17, 15) is 23.1 Å². The molecule has 112 valence electrons. The monoisotopic (exact) mass is 299 g/mol. The highest BCUT2D eigenvalue weighted by atomic mass is 19.4.